The zero-order valence-corrected chi connectivity index (χ0v) is 10.4. The molecule has 3 N–H and O–H groups in total. The summed E-state index contributed by atoms with van der Waals surface area (Å²) in [5.74, 6) is -0.236. The van der Waals surface area contributed by atoms with Gasteiger partial charge >= 0.3 is 0 Å². The molecule has 2 heterocycles. The maximum absolute atomic E-state index is 12.3. The number of nitrogens with two attached hydrogens (primary N) is 1. The Hall–Kier alpha value is -1.66. The van der Waals surface area contributed by atoms with Crippen LogP contribution in [0.1, 0.15) is 10.4 Å². The first-order chi connectivity index (χ1) is 8.63. The van der Waals surface area contributed by atoms with Gasteiger partial charge in [0.1, 0.15) is 5.56 Å². The molecule has 0 bridgehead atoms. The molecule has 1 aromatic heterocycles. The number of likely N-dealkylation sites (N-methyl/N-ethyl adjacent to an activating group) is 1. The van der Waals surface area contributed by atoms with Crippen molar-refractivity contribution in [2.75, 3.05) is 33.2 Å². The molecule has 1 unspecified atom stereocenters. The van der Waals surface area contributed by atoms with Gasteiger partial charge in [-0.1, -0.05) is 0 Å². The van der Waals surface area contributed by atoms with Gasteiger partial charge in [0.25, 0.3) is 11.5 Å². The third-order valence-corrected chi connectivity index (χ3v) is 3.27. The van der Waals surface area contributed by atoms with Crippen LogP contribution in [0, 0.1) is 0 Å². The Balaban J connectivity index is 2.23. The molecule has 98 valence electrons. The summed E-state index contributed by atoms with van der Waals surface area (Å²) >= 11 is 0. The standard InChI is InChI=1S/C12H18N4O2/c1-15-5-6-16(9(7-13)8-15)12(18)10-3-2-4-14-11(10)17/h2-4,9H,5-8,13H2,1H3,(H,14,17). The fourth-order valence-electron chi connectivity index (χ4n) is 2.22. The molecule has 0 aliphatic carbocycles. The van der Waals surface area contributed by atoms with Gasteiger partial charge in [0, 0.05) is 32.4 Å². The van der Waals surface area contributed by atoms with E-state index in [1.165, 1.54) is 6.20 Å². The average Bonchev–Trinajstić information content (AvgIpc) is 2.38. The normalized spacial score (nSPS) is 21.0. The van der Waals surface area contributed by atoms with E-state index >= 15 is 0 Å². The van der Waals surface area contributed by atoms with Crippen molar-refractivity contribution < 1.29 is 4.79 Å². The highest BCUT2D eigenvalue weighted by Crippen LogP contribution is 2.10. The Labute approximate surface area is 105 Å². The van der Waals surface area contributed by atoms with E-state index in [1.54, 1.807) is 17.0 Å². The maximum atomic E-state index is 12.3. The predicted octanol–water partition coefficient (Wildman–Crippen LogP) is -0.910. The zero-order valence-electron chi connectivity index (χ0n) is 10.4. The molecule has 6 nitrogen and oxygen atoms in total. The van der Waals surface area contributed by atoms with E-state index in [0.29, 0.717) is 13.1 Å². The second-order valence-electron chi connectivity index (χ2n) is 4.56. The minimum Gasteiger partial charge on any atom is -0.332 e. The van der Waals surface area contributed by atoms with Crippen LogP contribution in [0.25, 0.3) is 0 Å². The van der Waals surface area contributed by atoms with Crippen LogP contribution in [0.15, 0.2) is 23.1 Å². The average molecular weight is 250 g/mol. The molecule has 6 heteroatoms. The second kappa shape index (κ2) is 5.32. The Bertz CT molecular complexity index is 485. The van der Waals surface area contributed by atoms with Crippen molar-refractivity contribution in [1.82, 2.24) is 14.8 Å². The molecule has 1 amide bonds. The largest absolute Gasteiger partial charge is 0.332 e. The first-order valence-electron chi connectivity index (χ1n) is 6.00. The number of carbonyl (C=O) groups excluding carboxylic acids is 1. The molecule has 0 saturated carbocycles. The number of nitrogens with zero attached hydrogens (tertiary/aromatic N) is 2. The van der Waals surface area contributed by atoms with Crippen molar-refractivity contribution in [2.24, 2.45) is 5.73 Å². The zero-order chi connectivity index (χ0) is 13.1. The first kappa shape index (κ1) is 12.8. The molecule has 1 aliphatic heterocycles. The van der Waals surface area contributed by atoms with Crippen molar-refractivity contribution in [3.63, 3.8) is 0 Å². The van der Waals surface area contributed by atoms with Crippen LogP contribution in [0.5, 0.6) is 0 Å². The lowest BCUT2D eigenvalue weighted by atomic mass is 10.1. The van der Waals surface area contributed by atoms with E-state index in [2.05, 4.69) is 9.88 Å². The third-order valence-electron chi connectivity index (χ3n) is 3.27. The van der Waals surface area contributed by atoms with E-state index in [-0.39, 0.29) is 23.1 Å². The minimum absolute atomic E-state index is 0.0316. The maximum Gasteiger partial charge on any atom is 0.260 e. The molecule has 1 saturated heterocycles. The van der Waals surface area contributed by atoms with Gasteiger partial charge < -0.3 is 20.5 Å². The molecule has 1 aliphatic rings. The highest BCUT2D eigenvalue weighted by molar-refractivity contribution is 5.94. The number of rotatable bonds is 2. The Kier molecular flexibility index (Phi) is 3.78. The molecule has 2 rings (SSSR count). The van der Waals surface area contributed by atoms with E-state index in [1.807, 2.05) is 7.05 Å². The van der Waals surface area contributed by atoms with Crippen molar-refractivity contribution in [3.8, 4) is 0 Å². The monoisotopic (exact) mass is 250 g/mol. The lowest BCUT2D eigenvalue weighted by Crippen LogP contribution is -2.57. The van der Waals surface area contributed by atoms with E-state index in [0.717, 1.165) is 13.1 Å². The van der Waals surface area contributed by atoms with Gasteiger partial charge in [-0.3, -0.25) is 9.59 Å². The summed E-state index contributed by atoms with van der Waals surface area (Å²) in [6, 6.07) is 3.17. The number of hydrogen-bond acceptors (Lipinski definition) is 4. The van der Waals surface area contributed by atoms with Crippen molar-refractivity contribution in [3.05, 3.63) is 34.2 Å². The lowest BCUT2D eigenvalue weighted by Gasteiger charge is -2.39. The van der Waals surface area contributed by atoms with Crippen molar-refractivity contribution in [2.45, 2.75) is 6.04 Å². The molecular weight excluding hydrogens is 232 g/mol. The minimum atomic E-state index is -0.350. The van der Waals surface area contributed by atoms with Crippen molar-refractivity contribution >= 4 is 5.91 Å². The number of hydrogen-bond donors (Lipinski definition) is 2. The van der Waals surface area contributed by atoms with Crippen molar-refractivity contribution in [1.29, 1.82) is 0 Å². The third kappa shape index (κ3) is 2.44. The number of aromatic nitrogens is 1. The van der Waals surface area contributed by atoms with Crippen LogP contribution < -0.4 is 11.3 Å². The summed E-state index contributed by atoms with van der Waals surface area (Å²) in [7, 11) is 2.00. The number of pyridine rings is 1. The molecule has 1 atom stereocenters. The number of H-pyrrole nitrogens is 1. The Morgan fingerprint density at radius 3 is 3.00 bits per heavy atom. The van der Waals surface area contributed by atoms with Gasteiger partial charge in [-0.25, -0.2) is 0 Å². The van der Waals surface area contributed by atoms with E-state index in [9.17, 15) is 9.59 Å². The van der Waals surface area contributed by atoms with Crippen LogP contribution in [-0.2, 0) is 0 Å². The summed E-state index contributed by atoms with van der Waals surface area (Å²) in [5.41, 5.74) is 5.53. The van der Waals surface area contributed by atoms with Gasteiger partial charge in [-0.2, -0.15) is 0 Å². The molecule has 0 spiro atoms. The number of aromatic amines is 1. The predicted molar refractivity (Wildman–Crippen MR) is 68.4 cm³/mol. The molecule has 0 radical (unpaired) electrons. The van der Waals surface area contributed by atoms with Gasteiger partial charge in [0.15, 0.2) is 0 Å². The quantitative estimate of drug-likeness (QED) is 0.712. The highest BCUT2D eigenvalue weighted by atomic mass is 16.2. The van der Waals surface area contributed by atoms with Gasteiger partial charge in [-0.05, 0) is 19.2 Å². The second-order valence-corrected chi connectivity index (χ2v) is 4.56. The van der Waals surface area contributed by atoms with E-state index in [4.69, 9.17) is 5.73 Å². The van der Waals surface area contributed by atoms with E-state index < -0.39 is 0 Å². The summed E-state index contributed by atoms with van der Waals surface area (Å²) in [6.45, 7) is 2.55. The van der Waals surface area contributed by atoms with Gasteiger partial charge in [0.05, 0.1) is 6.04 Å². The first-order valence-corrected chi connectivity index (χ1v) is 6.00. The Morgan fingerprint density at radius 2 is 2.33 bits per heavy atom. The van der Waals surface area contributed by atoms with Crippen LogP contribution >= 0.6 is 0 Å². The van der Waals surface area contributed by atoms with Crippen LogP contribution in [-0.4, -0.2) is 60.0 Å². The molecule has 0 aromatic carbocycles. The fourth-order valence-corrected chi connectivity index (χ4v) is 2.22. The van der Waals surface area contributed by atoms with Crippen LogP contribution in [0.3, 0.4) is 0 Å². The number of piperazine rings is 1. The smallest absolute Gasteiger partial charge is 0.260 e. The molecule has 1 aromatic rings. The summed E-state index contributed by atoms with van der Waals surface area (Å²) in [6.07, 6.45) is 1.52. The molecule has 1 fully saturated rings. The SMILES string of the molecule is CN1CCN(C(=O)c2ccc[nH]c2=O)C(CN)C1. The lowest BCUT2D eigenvalue weighted by molar-refractivity contribution is 0.0514. The molecular formula is C12H18N4O2. The Morgan fingerprint density at radius 1 is 1.56 bits per heavy atom. The van der Waals surface area contributed by atoms with Crippen LogP contribution in [0.2, 0.25) is 0 Å². The van der Waals surface area contributed by atoms with Gasteiger partial charge in [0.2, 0.25) is 0 Å². The van der Waals surface area contributed by atoms with Gasteiger partial charge in [-0.15, -0.1) is 0 Å². The summed E-state index contributed by atoms with van der Waals surface area (Å²) < 4.78 is 0. The molecule has 18 heavy (non-hydrogen) atoms. The number of amides is 1. The summed E-state index contributed by atoms with van der Waals surface area (Å²) in [4.78, 5) is 30.3. The highest BCUT2D eigenvalue weighted by Gasteiger charge is 2.29. The van der Waals surface area contributed by atoms with Crippen LogP contribution in [0.4, 0.5) is 0 Å². The summed E-state index contributed by atoms with van der Waals surface area (Å²) in [5, 5.41) is 0. The fraction of sp³-hybridized carbons (Fsp3) is 0.500. The number of carbonyl (C=O) groups is 1. The topological polar surface area (TPSA) is 82.4 Å². The number of nitrogens with one attached hydrogen (secondary N) is 1.